The van der Waals surface area contributed by atoms with Gasteiger partial charge in [0.15, 0.2) is 5.78 Å². The van der Waals surface area contributed by atoms with E-state index in [0.29, 0.717) is 5.69 Å². The van der Waals surface area contributed by atoms with Gasteiger partial charge < -0.3 is 21.1 Å². The van der Waals surface area contributed by atoms with Crippen molar-refractivity contribution in [2.24, 2.45) is 0 Å². The summed E-state index contributed by atoms with van der Waals surface area (Å²) in [7, 11) is 0. The maximum Gasteiger partial charge on any atom is 0.254 e. The molecule has 4 N–H and O–H groups in total. The number of carbonyl (C=O) groups is 3. The SMILES string of the molecule is C=C(C)C[C@H](NC(=O)c1ccccc1N)C(=O)N[C@@H]1C(=O)CO[C@@H]1C. The Hall–Kier alpha value is -2.67. The van der Waals surface area contributed by atoms with Crippen molar-refractivity contribution in [2.45, 2.75) is 38.5 Å². The van der Waals surface area contributed by atoms with Crippen LogP contribution >= 0.6 is 0 Å². The van der Waals surface area contributed by atoms with E-state index < -0.39 is 30.0 Å². The molecule has 1 saturated heterocycles. The molecule has 0 unspecified atom stereocenters. The third kappa shape index (κ3) is 4.67. The summed E-state index contributed by atoms with van der Waals surface area (Å²) in [5.41, 5.74) is 7.14. The van der Waals surface area contributed by atoms with Crippen LogP contribution in [0, 0.1) is 0 Å². The molecule has 1 aliphatic heterocycles. The third-order valence-electron chi connectivity index (χ3n) is 3.98. The predicted molar refractivity (Wildman–Crippen MR) is 93.9 cm³/mol. The minimum Gasteiger partial charge on any atom is -0.398 e. The van der Waals surface area contributed by atoms with Gasteiger partial charge in [0.1, 0.15) is 18.7 Å². The van der Waals surface area contributed by atoms with Gasteiger partial charge in [-0.1, -0.05) is 17.7 Å². The molecule has 1 fully saturated rings. The summed E-state index contributed by atoms with van der Waals surface area (Å²) in [4.78, 5) is 36.8. The molecular weight excluding hydrogens is 322 g/mol. The van der Waals surface area contributed by atoms with E-state index in [9.17, 15) is 14.4 Å². The van der Waals surface area contributed by atoms with E-state index in [4.69, 9.17) is 10.5 Å². The van der Waals surface area contributed by atoms with Crippen LogP contribution in [-0.2, 0) is 14.3 Å². The van der Waals surface area contributed by atoms with Gasteiger partial charge in [-0.3, -0.25) is 14.4 Å². The highest BCUT2D eigenvalue weighted by Gasteiger charge is 2.35. The minimum absolute atomic E-state index is 0.0236. The first kappa shape index (κ1) is 18.7. The van der Waals surface area contributed by atoms with E-state index in [1.807, 2.05) is 0 Å². The second kappa shape index (κ2) is 7.94. The van der Waals surface area contributed by atoms with Gasteiger partial charge in [-0.2, -0.15) is 0 Å². The topological polar surface area (TPSA) is 111 Å². The lowest BCUT2D eigenvalue weighted by Gasteiger charge is -2.22. The minimum atomic E-state index is -0.856. The number of amides is 2. The molecule has 1 heterocycles. The number of nitrogen functional groups attached to an aromatic ring is 1. The Morgan fingerprint density at radius 2 is 2.08 bits per heavy atom. The summed E-state index contributed by atoms with van der Waals surface area (Å²) in [6.07, 6.45) is -0.150. The molecule has 7 heteroatoms. The first-order valence-electron chi connectivity index (χ1n) is 8.04. The van der Waals surface area contributed by atoms with Gasteiger partial charge in [0.2, 0.25) is 5.91 Å². The number of Topliss-reactive ketones (excluding diaryl/α,β-unsaturated/α-hetero) is 1. The van der Waals surface area contributed by atoms with Crippen LogP contribution in [-0.4, -0.2) is 42.4 Å². The van der Waals surface area contributed by atoms with Gasteiger partial charge in [0, 0.05) is 5.69 Å². The van der Waals surface area contributed by atoms with Crippen molar-refractivity contribution in [2.75, 3.05) is 12.3 Å². The van der Waals surface area contributed by atoms with Crippen LogP contribution in [0.15, 0.2) is 36.4 Å². The Morgan fingerprint density at radius 1 is 1.40 bits per heavy atom. The lowest BCUT2D eigenvalue weighted by atomic mass is 10.0. The Kier molecular flexibility index (Phi) is 5.93. The van der Waals surface area contributed by atoms with E-state index in [-0.39, 0.29) is 24.4 Å². The van der Waals surface area contributed by atoms with Gasteiger partial charge in [0.05, 0.1) is 11.7 Å². The van der Waals surface area contributed by atoms with Gasteiger partial charge in [-0.15, -0.1) is 6.58 Å². The first-order valence-corrected chi connectivity index (χ1v) is 8.04. The summed E-state index contributed by atoms with van der Waals surface area (Å²) < 4.78 is 5.22. The number of nitrogens with two attached hydrogens (primary N) is 1. The molecule has 2 rings (SSSR count). The molecule has 0 aromatic heterocycles. The van der Waals surface area contributed by atoms with Crippen LogP contribution in [0.2, 0.25) is 0 Å². The zero-order valence-electron chi connectivity index (χ0n) is 14.4. The summed E-state index contributed by atoms with van der Waals surface area (Å²) in [5, 5.41) is 5.32. The van der Waals surface area contributed by atoms with Crippen molar-refractivity contribution >= 4 is 23.3 Å². The maximum atomic E-state index is 12.6. The summed E-state index contributed by atoms with van der Waals surface area (Å²) in [6.45, 7) is 7.24. The Morgan fingerprint density at radius 3 is 2.64 bits per heavy atom. The molecule has 0 saturated carbocycles. The number of benzene rings is 1. The first-order chi connectivity index (χ1) is 11.8. The molecule has 3 atom stereocenters. The zero-order chi connectivity index (χ0) is 18.6. The molecule has 7 nitrogen and oxygen atoms in total. The Bertz CT molecular complexity index is 701. The molecule has 134 valence electrons. The fraction of sp³-hybridized carbons (Fsp3) is 0.389. The monoisotopic (exact) mass is 345 g/mol. The molecule has 2 amide bonds. The van der Waals surface area contributed by atoms with Crippen LogP contribution in [0.5, 0.6) is 0 Å². The third-order valence-corrected chi connectivity index (χ3v) is 3.98. The maximum absolute atomic E-state index is 12.6. The Balaban J connectivity index is 2.11. The average Bonchev–Trinajstić information content (AvgIpc) is 2.86. The van der Waals surface area contributed by atoms with E-state index in [1.165, 1.54) is 0 Å². The fourth-order valence-corrected chi connectivity index (χ4v) is 2.61. The van der Waals surface area contributed by atoms with Crippen molar-refractivity contribution in [1.82, 2.24) is 10.6 Å². The van der Waals surface area contributed by atoms with Crippen molar-refractivity contribution in [3.63, 3.8) is 0 Å². The number of anilines is 1. The fourth-order valence-electron chi connectivity index (χ4n) is 2.61. The zero-order valence-corrected chi connectivity index (χ0v) is 14.4. The van der Waals surface area contributed by atoms with Crippen molar-refractivity contribution in [3.8, 4) is 0 Å². The van der Waals surface area contributed by atoms with E-state index in [0.717, 1.165) is 5.57 Å². The molecule has 1 aliphatic rings. The quantitative estimate of drug-likeness (QED) is 0.522. The smallest absolute Gasteiger partial charge is 0.254 e. The summed E-state index contributed by atoms with van der Waals surface area (Å²) >= 11 is 0. The van der Waals surface area contributed by atoms with Crippen LogP contribution in [0.4, 0.5) is 5.69 Å². The molecule has 0 bridgehead atoms. The molecule has 0 radical (unpaired) electrons. The number of nitrogens with one attached hydrogen (secondary N) is 2. The van der Waals surface area contributed by atoms with Gasteiger partial charge in [0.25, 0.3) is 5.91 Å². The van der Waals surface area contributed by atoms with Gasteiger partial charge >= 0.3 is 0 Å². The summed E-state index contributed by atoms with van der Waals surface area (Å²) in [5.74, 6) is -1.10. The Labute approximate surface area is 146 Å². The lowest BCUT2D eigenvalue weighted by molar-refractivity contribution is -0.127. The molecule has 1 aromatic rings. The van der Waals surface area contributed by atoms with E-state index in [1.54, 1.807) is 38.1 Å². The molecule has 0 aliphatic carbocycles. The lowest BCUT2D eigenvalue weighted by Crippen LogP contribution is -2.53. The van der Waals surface area contributed by atoms with Crippen LogP contribution in [0.25, 0.3) is 0 Å². The largest absolute Gasteiger partial charge is 0.398 e. The predicted octanol–water partition coefficient (Wildman–Crippen LogP) is 0.806. The van der Waals surface area contributed by atoms with E-state index in [2.05, 4.69) is 17.2 Å². The molecule has 0 spiro atoms. The van der Waals surface area contributed by atoms with Crippen molar-refractivity contribution in [1.29, 1.82) is 0 Å². The normalized spacial score (nSPS) is 20.8. The molecule has 25 heavy (non-hydrogen) atoms. The van der Waals surface area contributed by atoms with E-state index >= 15 is 0 Å². The van der Waals surface area contributed by atoms with Crippen LogP contribution < -0.4 is 16.4 Å². The molecule has 1 aromatic carbocycles. The average molecular weight is 345 g/mol. The number of hydrogen-bond acceptors (Lipinski definition) is 5. The number of hydrogen-bond donors (Lipinski definition) is 3. The number of para-hydroxylation sites is 1. The van der Waals surface area contributed by atoms with Crippen molar-refractivity contribution in [3.05, 3.63) is 42.0 Å². The second-order valence-electron chi connectivity index (χ2n) is 6.24. The van der Waals surface area contributed by atoms with Gasteiger partial charge in [-0.25, -0.2) is 0 Å². The number of ketones is 1. The van der Waals surface area contributed by atoms with Gasteiger partial charge in [-0.05, 0) is 32.4 Å². The summed E-state index contributed by atoms with van der Waals surface area (Å²) in [6, 6.07) is 5.03. The van der Waals surface area contributed by atoms with Crippen molar-refractivity contribution < 1.29 is 19.1 Å². The highest BCUT2D eigenvalue weighted by Crippen LogP contribution is 2.13. The molecular formula is C18H23N3O4. The standard InChI is InChI=1S/C18H23N3O4/c1-10(2)8-14(18(24)21-16-11(3)25-9-15(16)22)20-17(23)12-6-4-5-7-13(12)19/h4-7,11,14,16H,1,8-9,19H2,2-3H3,(H,20,23)(H,21,24)/t11-,14+,16+/m1/s1. The second-order valence-corrected chi connectivity index (χ2v) is 6.24. The highest BCUT2D eigenvalue weighted by atomic mass is 16.5. The van der Waals surface area contributed by atoms with Crippen LogP contribution in [0.1, 0.15) is 30.6 Å². The van der Waals surface area contributed by atoms with Crippen LogP contribution in [0.3, 0.4) is 0 Å². The number of rotatable bonds is 6. The number of ether oxygens (including phenoxy) is 1. The highest BCUT2D eigenvalue weighted by molar-refractivity contribution is 6.02. The number of carbonyl (C=O) groups excluding carboxylic acids is 3.